The second-order valence-corrected chi connectivity index (χ2v) is 7.28. The maximum atomic E-state index is 2.49. The monoisotopic (exact) mass is 204 g/mol. The molecule has 0 heterocycles. The van der Waals surface area contributed by atoms with Crippen molar-refractivity contribution in [3.05, 3.63) is 0 Å². The van der Waals surface area contributed by atoms with Crippen molar-refractivity contribution in [1.29, 1.82) is 0 Å². The van der Waals surface area contributed by atoms with E-state index in [-0.39, 0.29) is 0 Å². The molecule has 0 saturated heterocycles. The zero-order chi connectivity index (χ0) is 10.4. The molecule has 7 unspecified atom stereocenters. The van der Waals surface area contributed by atoms with Crippen LogP contribution in [0.4, 0.5) is 0 Å². The molecule has 0 bridgehead atoms. The van der Waals surface area contributed by atoms with Crippen LogP contribution in [-0.4, -0.2) is 0 Å². The highest BCUT2D eigenvalue weighted by molar-refractivity contribution is 5.23. The molecule has 4 saturated carbocycles. The van der Waals surface area contributed by atoms with Crippen molar-refractivity contribution in [2.75, 3.05) is 0 Å². The molecule has 0 nitrogen and oxygen atoms in total. The highest BCUT2D eigenvalue weighted by Crippen LogP contribution is 2.81. The van der Waals surface area contributed by atoms with E-state index in [0.29, 0.717) is 0 Å². The van der Waals surface area contributed by atoms with Gasteiger partial charge in [0, 0.05) is 0 Å². The summed E-state index contributed by atoms with van der Waals surface area (Å²) in [5.41, 5.74) is 0.766. The number of hydrogen-bond donors (Lipinski definition) is 0. The average molecular weight is 204 g/mol. The standard InChI is InChI=1S/C15H24/c1-4-15(8(2)3)7-10-5-9-6-11-12(9)13(10)14(11)15/h8-14H,4-7H2,1-3H3. The lowest BCUT2D eigenvalue weighted by atomic mass is 9.41. The Morgan fingerprint density at radius 2 is 1.93 bits per heavy atom. The quantitative estimate of drug-likeness (QED) is 0.638. The third-order valence-corrected chi connectivity index (χ3v) is 7.20. The Hall–Kier alpha value is 0. The summed E-state index contributed by atoms with van der Waals surface area (Å²) in [4.78, 5) is 0. The summed E-state index contributed by atoms with van der Waals surface area (Å²) in [6.45, 7) is 7.45. The van der Waals surface area contributed by atoms with Crippen molar-refractivity contribution in [2.24, 2.45) is 46.8 Å². The number of hydrogen-bond acceptors (Lipinski definition) is 0. The zero-order valence-electron chi connectivity index (χ0n) is 10.4. The minimum atomic E-state index is 0.766. The van der Waals surface area contributed by atoms with E-state index in [1.165, 1.54) is 30.1 Å². The van der Waals surface area contributed by atoms with Gasteiger partial charge in [-0.1, -0.05) is 20.8 Å². The van der Waals surface area contributed by atoms with Crippen LogP contribution in [0.2, 0.25) is 0 Å². The van der Waals surface area contributed by atoms with Crippen LogP contribution < -0.4 is 0 Å². The maximum absolute atomic E-state index is 2.49. The molecular formula is C15H24. The van der Waals surface area contributed by atoms with Crippen molar-refractivity contribution < 1.29 is 0 Å². The molecule has 0 N–H and O–H groups in total. The second-order valence-electron chi connectivity index (χ2n) is 7.28. The van der Waals surface area contributed by atoms with Crippen molar-refractivity contribution in [3.63, 3.8) is 0 Å². The molecule has 0 aromatic rings. The topological polar surface area (TPSA) is 0 Å². The minimum Gasteiger partial charge on any atom is -0.0648 e. The molecule has 0 aromatic carbocycles. The number of rotatable bonds is 2. The van der Waals surface area contributed by atoms with Crippen LogP contribution in [-0.2, 0) is 0 Å². The molecule has 84 valence electrons. The van der Waals surface area contributed by atoms with Crippen LogP contribution in [0.5, 0.6) is 0 Å². The Balaban J connectivity index is 1.74. The van der Waals surface area contributed by atoms with E-state index in [0.717, 1.165) is 23.2 Å². The van der Waals surface area contributed by atoms with Crippen molar-refractivity contribution in [1.82, 2.24) is 0 Å². The summed E-state index contributed by atoms with van der Waals surface area (Å²) in [6.07, 6.45) is 6.30. The third-order valence-electron chi connectivity index (χ3n) is 7.20. The first kappa shape index (κ1) is 9.07. The summed E-state index contributed by atoms with van der Waals surface area (Å²) >= 11 is 0. The van der Waals surface area contributed by atoms with Gasteiger partial charge in [0.25, 0.3) is 0 Å². The van der Waals surface area contributed by atoms with Crippen LogP contribution in [0.1, 0.15) is 46.5 Å². The third kappa shape index (κ3) is 0.746. The van der Waals surface area contributed by atoms with E-state index in [4.69, 9.17) is 0 Å². The van der Waals surface area contributed by atoms with E-state index in [9.17, 15) is 0 Å². The molecule has 0 radical (unpaired) electrons. The highest BCUT2D eigenvalue weighted by Gasteiger charge is 2.75. The second kappa shape index (κ2) is 2.46. The van der Waals surface area contributed by atoms with Crippen LogP contribution in [0.3, 0.4) is 0 Å². The fourth-order valence-corrected chi connectivity index (χ4v) is 6.65. The lowest BCUT2D eigenvalue weighted by Crippen LogP contribution is -2.58. The van der Waals surface area contributed by atoms with Crippen molar-refractivity contribution in [2.45, 2.75) is 46.5 Å². The predicted octanol–water partition coefficient (Wildman–Crippen LogP) is 3.96. The van der Waals surface area contributed by atoms with E-state index in [2.05, 4.69) is 20.8 Å². The van der Waals surface area contributed by atoms with Crippen LogP contribution in [0.15, 0.2) is 0 Å². The van der Waals surface area contributed by atoms with E-state index >= 15 is 0 Å². The van der Waals surface area contributed by atoms with E-state index in [1.807, 2.05) is 0 Å². The minimum absolute atomic E-state index is 0.766. The van der Waals surface area contributed by atoms with Crippen LogP contribution in [0, 0.1) is 46.8 Å². The van der Waals surface area contributed by atoms with E-state index < -0.39 is 0 Å². The molecule has 0 aliphatic heterocycles. The normalized spacial score (nSPS) is 64.0. The first-order valence-electron chi connectivity index (χ1n) is 7.19. The fourth-order valence-electron chi connectivity index (χ4n) is 6.65. The van der Waals surface area contributed by atoms with Gasteiger partial charge in [0.2, 0.25) is 0 Å². The molecule has 0 amide bonds. The largest absolute Gasteiger partial charge is 0.0648 e. The summed E-state index contributed by atoms with van der Waals surface area (Å²) < 4.78 is 0. The SMILES string of the molecule is CCC1(C(C)C)CC2CC3CC4C3C2C41. The molecule has 15 heavy (non-hydrogen) atoms. The molecule has 4 aliphatic rings. The maximum Gasteiger partial charge on any atom is -0.0240 e. The lowest BCUT2D eigenvalue weighted by Gasteiger charge is -2.63. The zero-order valence-corrected chi connectivity index (χ0v) is 10.4. The highest BCUT2D eigenvalue weighted by atomic mass is 14.8. The van der Waals surface area contributed by atoms with Gasteiger partial charge >= 0.3 is 0 Å². The molecule has 0 aromatic heterocycles. The number of fused-ring (bicyclic) bond motifs is 1. The Bertz CT molecular complexity index is 305. The molecule has 7 atom stereocenters. The van der Waals surface area contributed by atoms with Crippen molar-refractivity contribution in [3.8, 4) is 0 Å². The molecule has 4 fully saturated rings. The van der Waals surface area contributed by atoms with Crippen molar-refractivity contribution >= 4 is 0 Å². The summed E-state index contributed by atoms with van der Waals surface area (Å²) in [7, 11) is 0. The Labute approximate surface area is 93.8 Å². The Morgan fingerprint density at radius 3 is 2.60 bits per heavy atom. The molecule has 0 heteroatoms. The van der Waals surface area contributed by atoms with Gasteiger partial charge in [0.1, 0.15) is 0 Å². The summed E-state index contributed by atoms with van der Waals surface area (Å²) in [5.74, 6) is 8.07. The molecule has 4 rings (SSSR count). The van der Waals surface area contributed by atoms with Crippen LogP contribution in [0.25, 0.3) is 0 Å². The first-order valence-corrected chi connectivity index (χ1v) is 7.19. The molecule has 4 aliphatic carbocycles. The van der Waals surface area contributed by atoms with Gasteiger partial charge in [-0.3, -0.25) is 0 Å². The van der Waals surface area contributed by atoms with E-state index in [1.54, 1.807) is 19.3 Å². The van der Waals surface area contributed by atoms with Gasteiger partial charge in [-0.05, 0) is 72.5 Å². The van der Waals surface area contributed by atoms with Gasteiger partial charge < -0.3 is 0 Å². The van der Waals surface area contributed by atoms with Gasteiger partial charge in [0.15, 0.2) is 0 Å². The summed E-state index contributed by atoms with van der Waals surface area (Å²) in [5, 5.41) is 0. The van der Waals surface area contributed by atoms with Crippen LogP contribution >= 0.6 is 0 Å². The summed E-state index contributed by atoms with van der Waals surface area (Å²) in [6, 6.07) is 0. The van der Waals surface area contributed by atoms with Gasteiger partial charge in [0.05, 0.1) is 0 Å². The van der Waals surface area contributed by atoms with Gasteiger partial charge in [-0.2, -0.15) is 0 Å². The first-order chi connectivity index (χ1) is 7.19. The fraction of sp³-hybridized carbons (Fsp3) is 1.00. The Morgan fingerprint density at radius 1 is 1.13 bits per heavy atom. The predicted molar refractivity (Wildman–Crippen MR) is 62.4 cm³/mol. The molecular weight excluding hydrogens is 180 g/mol. The smallest absolute Gasteiger partial charge is 0.0240 e. The van der Waals surface area contributed by atoms with Gasteiger partial charge in [-0.15, -0.1) is 0 Å². The van der Waals surface area contributed by atoms with Gasteiger partial charge in [-0.25, -0.2) is 0 Å². The average Bonchev–Trinajstić information content (AvgIpc) is 2.41. The Kier molecular flexibility index (Phi) is 1.49. The lowest BCUT2D eigenvalue weighted by molar-refractivity contribution is -0.159. The molecule has 0 spiro atoms.